The minimum Gasteiger partial charge on any atom is -0.310 e. The van der Waals surface area contributed by atoms with E-state index in [2.05, 4.69) is 15.0 Å². The summed E-state index contributed by atoms with van der Waals surface area (Å²) in [7, 11) is 1.72. The highest BCUT2D eigenvalue weighted by Gasteiger charge is 2.26. The van der Waals surface area contributed by atoms with E-state index in [1.807, 2.05) is 5.38 Å². The first-order valence-corrected chi connectivity index (χ1v) is 9.15. The highest BCUT2D eigenvalue weighted by atomic mass is 32.2. The third-order valence-corrected chi connectivity index (χ3v) is 5.66. The van der Waals surface area contributed by atoms with E-state index in [4.69, 9.17) is 0 Å². The first kappa shape index (κ1) is 14.6. The zero-order chi connectivity index (χ0) is 16.0. The van der Waals surface area contributed by atoms with Gasteiger partial charge in [0.1, 0.15) is 10.7 Å². The molecule has 1 aliphatic carbocycles. The quantitative estimate of drug-likeness (QED) is 0.579. The summed E-state index contributed by atoms with van der Waals surface area (Å²) in [5.41, 5.74) is 0.561. The van der Waals surface area contributed by atoms with Crippen molar-refractivity contribution < 1.29 is 0 Å². The molecular formula is C15H14N4O2S2. The molecule has 0 atom stereocenters. The number of thioether (sulfide) groups is 1. The van der Waals surface area contributed by atoms with Crippen molar-refractivity contribution in [1.82, 2.24) is 19.5 Å². The molecule has 0 saturated heterocycles. The fourth-order valence-corrected chi connectivity index (χ4v) is 4.07. The highest BCUT2D eigenvalue weighted by molar-refractivity contribution is 7.98. The van der Waals surface area contributed by atoms with Crippen LogP contribution in [0.3, 0.4) is 0 Å². The van der Waals surface area contributed by atoms with Crippen molar-refractivity contribution in [2.45, 2.75) is 29.7 Å². The Balaban J connectivity index is 1.63. The van der Waals surface area contributed by atoms with Crippen molar-refractivity contribution in [3.63, 3.8) is 0 Å². The number of aromatic amines is 1. The minimum absolute atomic E-state index is 0.0451. The Morgan fingerprint density at radius 3 is 3.00 bits per heavy atom. The third kappa shape index (κ3) is 2.84. The molecule has 0 radical (unpaired) electrons. The lowest BCUT2D eigenvalue weighted by atomic mass is 10.3. The zero-order valence-corrected chi connectivity index (χ0v) is 14.0. The van der Waals surface area contributed by atoms with E-state index in [1.165, 1.54) is 29.2 Å². The number of fused-ring (bicyclic) bond motifs is 1. The van der Waals surface area contributed by atoms with Crippen LogP contribution in [0.2, 0.25) is 0 Å². The second-order valence-electron chi connectivity index (χ2n) is 5.58. The molecule has 4 rings (SSSR count). The predicted octanol–water partition coefficient (Wildman–Crippen LogP) is 2.25. The molecule has 118 valence electrons. The van der Waals surface area contributed by atoms with Gasteiger partial charge in [0.2, 0.25) is 0 Å². The van der Waals surface area contributed by atoms with Crippen LogP contribution in [-0.2, 0) is 12.8 Å². The lowest BCUT2D eigenvalue weighted by Gasteiger charge is -2.07. The maximum Gasteiger partial charge on any atom is 0.262 e. The average molecular weight is 346 g/mol. The van der Waals surface area contributed by atoms with E-state index in [1.54, 1.807) is 17.7 Å². The molecule has 6 nitrogen and oxygen atoms in total. The van der Waals surface area contributed by atoms with E-state index in [0.717, 1.165) is 29.2 Å². The summed E-state index contributed by atoms with van der Waals surface area (Å²) in [6, 6.07) is 3.31. The Labute approximate surface area is 139 Å². The van der Waals surface area contributed by atoms with Gasteiger partial charge in [-0.3, -0.25) is 14.2 Å². The molecule has 1 fully saturated rings. The van der Waals surface area contributed by atoms with Crippen LogP contribution in [0.5, 0.6) is 0 Å². The van der Waals surface area contributed by atoms with Crippen LogP contribution < -0.4 is 11.1 Å². The van der Waals surface area contributed by atoms with Crippen LogP contribution in [0.4, 0.5) is 0 Å². The molecule has 1 saturated carbocycles. The van der Waals surface area contributed by atoms with Crippen molar-refractivity contribution in [1.29, 1.82) is 0 Å². The van der Waals surface area contributed by atoms with Crippen LogP contribution >= 0.6 is 23.1 Å². The normalized spacial score (nSPS) is 14.5. The van der Waals surface area contributed by atoms with E-state index in [9.17, 15) is 9.59 Å². The Hall–Kier alpha value is -1.93. The van der Waals surface area contributed by atoms with Crippen molar-refractivity contribution in [2.24, 2.45) is 7.05 Å². The van der Waals surface area contributed by atoms with Crippen LogP contribution in [0, 0.1) is 0 Å². The third-order valence-electron chi connectivity index (χ3n) is 3.79. The van der Waals surface area contributed by atoms with Gasteiger partial charge in [-0.2, -0.15) is 0 Å². The smallest absolute Gasteiger partial charge is 0.262 e. The van der Waals surface area contributed by atoms with E-state index < -0.39 is 0 Å². The van der Waals surface area contributed by atoms with Gasteiger partial charge in [-0.15, -0.1) is 11.3 Å². The maximum absolute atomic E-state index is 12.3. The molecule has 0 amide bonds. The van der Waals surface area contributed by atoms with Crippen molar-refractivity contribution in [3.8, 4) is 0 Å². The van der Waals surface area contributed by atoms with Crippen molar-refractivity contribution in [3.05, 3.63) is 49.7 Å². The number of nitrogens with one attached hydrogen (secondary N) is 1. The predicted molar refractivity (Wildman–Crippen MR) is 91.3 cm³/mol. The van der Waals surface area contributed by atoms with Crippen molar-refractivity contribution in [2.75, 3.05) is 0 Å². The standard InChI is InChI=1S/C15H14N4O2S2/c1-19-14(21)10-4-5-22-13(10)18-15(19)23-7-9-6-11(20)17-12(16-9)8-2-3-8/h4-6,8H,2-3,7H2,1H3,(H,16,17,20). The summed E-state index contributed by atoms with van der Waals surface area (Å²) in [6.07, 6.45) is 2.18. The molecule has 0 unspecified atom stereocenters. The van der Waals surface area contributed by atoms with Gasteiger partial charge in [-0.25, -0.2) is 9.97 Å². The zero-order valence-electron chi connectivity index (χ0n) is 12.4. The second kappa shape index (κ2) is 5.61. The summed E-state index contributed by atoms with van der Waals surface area (Å²) >= 11 is 2.88. The molecule has 1 N–H and O–H groups in total. The number of thiophene rings is 1. The SMILES string of the molecule is Cn1c(SCc2cc(=O)[nH]c(C3CC3)n2)nc2sccc2c1=O. The summed E-state index contributed by atoms with van der Waals surface area (Å²) < 4.78 is 1.55. The van der Waals surface area contributed by atoms with Gasteiger partial charge >= 0.3 is 0 Å². The molecule has 0 spiro atoms. The minimum atomic E-state index is -0.118. The van der Waals surface area contributed by atoms with Gasteiger partial charge in [0.15, 0.2) is 5.16 Å². The molecule has 3 aromatic heterocycles. The largest absolute Gasteiger partial charge is 0.310 e. The molecule has 0 aromatic carbocycles. The van der Waals surface area contributed by atoms with Gasteiger partial charge in [0.25, 0.3) is 11.1 Å². The number of rotatable bonds is 4. The maximum atomic E-state index is 12.3. The van der Waals surface area contributed by atoms with Crippen LogP contribution in [-0.4, -0.2) is 19.5 Å². The fourth-order valence-electron chi connectivity index (χ4n) is 2.40. The fraction of sp³-hybridized carbons (Fsp3) is 0.333. The van der Waals surface area contributed by atoms with E-state index in [0.29, 0.717) is 22.2 Å². The van der Waals surface area contributed by atoms with Gasteiger partial charge in [0.05, 0.1) is 11.1 Å². The van der Waals surface area contributed by atoms with E-state index in [-0.39, 0.29) is 11.1 Å². The Morgan fingerprint density at radius 1 is 1.39 bits per heavy atom. The number of hydrogen-bond donors (Lipinski definition) is 1. The molecule has 8 heteroatoms. The lowest BCUT2D eigenvalue weighted by Crippen LogP contribution is -2.19. The Kier molecular flexibility index (Phi) is 3.57. The second-order valence-corrected chi connectivity index (χ2v) is 7.42. The molecule has 1 aliphatic rings. The lowest BCUT2D eigenvalue weighted by molar-refractivity contribution is 0.727. The first-order chi connectivity index (χ1) is 11.1. The first-order valence-electron chi connectivity index (χ1n) is 7.29. The summed E-state index contributed by atoms with van der Waals surface area (Å²) in [4.78, 5) is 36.6. The van der Waals surface area contributed by atoms with Gasteiger partial charge in [-0.05, 0) is 24.3 Å². The summed E-state index contributed by atoms with van der Waals surface area (Å²) in [5, 5.41) is 3.15. The van der Waals surface area contributed by atoms with Gasteiger partial charge in [0, 0.05) is 24.8 Å². The molecule has 3 heterocycles. The van der Waals surface area contributed by atoms with Crippen LogP contribution in [0.15, 0.2) is 32.3 Å². The summed E-state index contributed by atoms with van der Waals surface area (Å²) in [5.74, 6) is 1.70. The van der Waals surface area contributed by atoms with Gasteiger partial charge in [-0.1, -0.05) is 11.8 Å². The number of H-pyrrole nitrogens is 1. The Bertz CT molecular complexity index is 1000. The average Bonchev–Trinajstić information content (AvgIpc) is 3.28. The summed E-state index contributed by atoms with van der Waals surface area (Å²) in [6.45, 7) is 0. The van der Waals surface area contributed by atoms with Gasteiger partial charge < -0.3 is 4.98 Å². The van der Waals surface area contributed by atoms with Crippen LogP contribution in [0.1, 0.15) is 30.3 Å². The van der Waals surface area contributed by atoms with Crippen molar-refractivity contribution >= 4 is 33.3 Å². The number of aromatic nitrogens is 4. The molecule has 0 aliphatic heterocycles. The topological polar surface area (TPSA) is 80.6 Å². The molecular weight excluding hydrogens is 332 g/mol. The molecule has 23 heavy (non-hydrogen) atoms. The highest BCUT2D eigenvalue weighted by Crippen LogP contribution is 2.37. The molecule has 0 bridgehead atoms. The van der Waals surface area contributed by atoms with E-state index >= 15 is 0 Å². The monoisotopic (exact) mass is 346 g/mol. The molecule has 3 aromatic rings. The van der Waals surface area contributed by atoms with Crippen LogP contribution in [0.25, 0.3) is 10.2 Å². The number of nitrogens with zero attached hydrogens (tertiary/aromatic N) is 3. The number of hydrogen-bond acceptors (Lipinski definition) is 6. The Morgan fingerprint density at radius 2 is 2.22 bits per heavy atom.